The van der Waals surface area contributed by atoms with Gasteiger partial charge in [0.1, 0.15) is 17.0 Å². The van der Waals surface area contributed by atoms with Crippen LogP contribution in [0, 0.1) is 0 Å². The van der Waals surface area contributed by atoms with Gasteiger partial charge in [-0.15, -0.1) is 0 Å². The largest absolute Gasteiger partial charge is 0.507 e. The Kier molecular flexibility index (Phi) is 6.46. The normalized spacial score (nSPS) is 17.2. The van der Waals surface area contributed by atoms with Gasteiger partial charge in [0.05, 0.1) is 28.8 Å². The molecule has 7 nitrogen and oxygen atoms in total. The molecule has 2 unspecified atom stereocenters. The summed E-state index contributed by atoms with van der Waals surface area (Å²) >= 11 is 0. The molecular weight excluding hydrogens is 506 g/mol. The van der Waals surface area contributed by atoms with Gasteiger partial charge in [0.15, 0.2) is 11.5 Å². The third-order valence-corrected chi connectivity index (χ3v) is 7.43. The van der Waals surface area contributed by atoms with Crippen molar-refractivity contribution in [1.29, 1.82) is 0 Å². The number of hydrogen-bond acceptors (Lipinski definition) is 7. The second kappa shape index (κ2) is 9.45. The van der Waals surface area contributed by atoms with Crippen LogP contribution in [0.3, 0.4) is 0 Å². The smallest absolute Gasteiger partial charge is 0.343 e. The highest BCUT2D eigenvalue weighted by molar-refractivity contribution is 6.08. The van der Waals surface area contributed by atoms with Gasteiger partial charge in [0, 0.05) is 16.5 Å². The van der Waals surface area contributed by atoms with E-state index >= 15 is 0 Å². The van der Waals surface area contributed by atoms with Gasteiger partial charge in [-0.05, 0) is 46.7 Å². The summed E-state index contributed by atoms with van der Waals surface area (Å²) in [6, 6.07) is 16.5. The van der Waals surface area contributed by atoms with Crippen molar-refractivity contribution in [2.75, 3.05) is 0 Å². The van der Waals surface area contributed by atoms with Crippen molar-refractivity contribution >= 4 is 22.7 Å². The number of ether oxygens (including phenoxy) is 1. The summed E-state index contributed by atoms with van der Waals surface area (Å²) in [5, 5.41) is 32.9. The van der Waals surface area contributed by atoms with Crippen molar-refractivity contribution in [3.63, 3.8) is 0 Å². The van der Waals surface area contributed by atoms with Crippen LogP contribution >= 0.6 is 0 Å². The van der Waals surface area contributed by atoms with E-state index < -0.39 is 34.6 Å². The molecule has 0 bridgehead atoms. The van der Waals surface area contributed by atoms with Crippen LogP contribution in [0.4, 0.5) is 0 Å². The fourth-order valence-electron chi connectivity index (χ4n) is 5.29. The average molecular weight is 540 g/mol. The second-order valence-corrected chi connectivity index (χ2v) is 12.4. The number of aliphatic hydroxyl groups is 1. The average Bonchev–Trinajstić information content (AvgIpc) is 3.13. The van der Waals surface area contributed by atoms with E-state index in [9.17, 15) is 24.9 Å². The van der Waals surface area contributed by atoms with Gasteiger partial charge in [-0.25, -0.2) is 9.78 Å². The molecule has 7 heteroatoms. The molecule has 206 valence electrons. The maximum Gasteiger partial charge on any atom is 0.343 e. The molecule has 2 atom stereocenters. The number of aliphatic hydroxyl groups excluding tert-OH is 1. The minimum absolute atomic E-state index is 0.0956. The van der Waals surface area contributed by atoms with E-state index in [1.165, 1.54) is 6.07 Å². The molecule has 1 aliphatic rings. The fraction of sp³-hybridized carbons (Fsp3) is 0.303. The highest BCUT2D eigenvalue weighted by Gasteiger charge is 2.42. The number of phenols is 2. The quantitative estimate of drug-likeness (QED) is 0.202. The summed E-state index contributed by atoms with van der Waals surface area (Å²) in [4.78, 5) is 31.4. The molecule has 0 radical (unpaired) electrons. The number of aromatic hydroxyl groups is 2. The zero-order valence-corrected chi connectivity index (χ0v) is 23.4. The number of rotatable bonds is 3. The lowest BCUT2D eigenvalue weighted by molar-refractivity contribution is 0.0735. The summed E-state index contributed by atoms with van der Waals surface area (Å²) in [5.74, 6) is -1.84. The zero-order valence-electron chi connectivity index (χ0n) is 23.4. The summed E-state index contributed by atoms with van der Waals surface area (Å²) in [6.45, 7) is 11.8. The molecule has 0 saturated heterocycles. The number of aromatic nitrogens is 1. The molecule has 0 aliphatic heterocycles. The Hall–Kier alpha value is -4.23. The Morgan fingerprint density at radius 1 is 0.875 bits per heavy atom. The van der Waals surface area contributed by atoms with Crippen LogP contribution in [-0.2, 0) is 10.8 Å². The summed E-state index contributed by atoms with van der Waals surface area (Å²) in [6.07, 6.45) is -1.17. The number of fused-ring (bicyclic) bond motifs is 2. The fourth-order valence-corrected chi connectivity index (χ4v) is 5.29. The third kappa shape index (κ3) is 4.60. The molecule has 1 heterocycles. The number of nitrogens with zero attached hydrogens (tertiary/aromatic N) is 1. The monoisotopic (exact) mass is 539 g/mol. The van der Waals surface area contributed by atoms with Crippen LogP contribution in [0.5, 0.6) is 17.2 Å². The lowest BCUT2D eigenvalue weighted by Crippen LogP contribution is -2.20. The Morgan fingerprint density at radius 2 is 1.50 bits per heavy atom. The second-order valence-electron chi connectivity index (χ2n) is 12.4. The maximum atomic E-state index is 13.5. The van der Waals surface area contributed by atoms with Gasteiger partial charge in [0.25, 0.3) is 0 Å². The minimum atomic E-state index is -1.17. The van der Waals surface area contributed by atoms with Crippen LogP contribution in [0.25, 0.3) is 10.9 Å². The Bertz CT molecular complexity index is 1640. The summed E-state index contributed by atoms with van der Waals surface area (Å²) in [5.41, 5.74) is 1.86. The number of esters is 1. The number of para-hydroxylation sites is 1. The molecule has 0 amide bonds. The number of hydrogen-bond donors (Lipinski definition) is 3. The topological polar surface area (TPSA) is 117 Å². The first-order valence-corrected chi connectivity index (χ1v) is 13.2. The van der Waals surface area contributed by atoms with Crippen molar-refractivity contribution < 1.29 is 29.6 Å². The SMILES string of the molecule is CC(C)(C)c1cc(C(=O)Oc2cccc3ccc(C4C(=O)c5c(O)cccc5C4O)nc23)cc(C(C)(C)C)c1O. The molecule has 3 aromatic carbocycles. The number of ketones is 1. The van der Waals surface area contributed by atoms with Crippen molar-refractivity contribution in [1.82, 2.24) is 4.98 Å². The zero-order chi connectivity index (χ0) is 29.1. The lowest BCUT2D eigenvalue weighted by Gasteiger charge is -2.28. The van der Waals surface area contributed by atoms with E-state index in [2.05, 4.69) is 4.98 Å². The van der Waals surface area contributed by atoms with Gasteiger partial charge in [0.2, 0.25) is 0 Å². The molecule has 1 aromatic heterocycles. The predicted molar refractivity (Wildman–Crippen MR) is 152 cm³/mol. The van der Waals surface area contributed by atoms with Gasteiger partial charge in [-0.3, -0.25) is 4.79 Å². The molecule has 0 fully saturated rings. The van der Waals surface area contributed by atoms with Crippen molar-refractivity contribution in [3.05, 3.63) is 94.2 Å². The van der Waals surface area contributed by atoms with Crippen molar-refractivity contribution in [3.8, 4) is 17.2 Å². The summed E-state index contributed by atoms with van der Waals surface area (Å²) in [7, 11) is 0. The third-order valence-electron chi connectivity index (χ3n) is 7.43. The number of phenolic OH excluding ortho intramolecular Hbond substituents is 2. The first-order valence-electron chi connectivity index (χ1n) is 13.2. The predicted octanol–water partition coefficient (Wildman–Crippen LogP) is 6.47. The van der Waals surface area contributed by atoms with Crippen LogP contribution in [0.2, 0.25) is 0 Å². The number of pyridine rings is 1. The van der Waals surface area contributed by atoms with E-state index in [1.807, 2.05) is 47.6 Å². The van der Waals surface area contributed by atoms with Crippen molar-refractivity contribution in [2.45, 2.75) is 64.4 Å². The minimum Gasteiger partial charge on any atom is -0.507 e. The molecule has 40 heavy (non-hydrogen) atoms. The highest BCUT2D eigenvalue weighted by atomic mass is 16.5. The highest BCUT2D eigenvalue weighted by Crippen LogP contribution is 2.45. The van der Waals surface area contributed by atoms with E-state index in [0.717, 1.165) is 0 Å². The summed E-state index contributed by atoms with van der Waals surface area (Å²) < 4.78 is 5.87. The number of Topliss-reactive ketones (excluding diaryl/α,β-unsaturated/α-hetero) is 1. The maximum absolute atomic E-state index is 13.5. The number of benzene rings is 3. The number of carbonyl (C=O) groups is 2. The molecule has 1 aliphatic carbocycles. The van der Waals surface area contributed by atoms with Gasteiger partial charge in [-0.1, -0.05) is 71.9 Å². The van der Waals surface area contributed by atoms with Gasteiger partial charge in [-0.2, -0.15) is 0 Å². The van der Waals surface area contributed by atoms with Crippen LogP contribution in [-0.4, -0.2) is 32.1 Å². The first kappa shape index (κ1) is 27.3. The Morgan fingerprint density at radius 3 is 2.10 bits per heavy atom. The molecule has 5 rings (SSSR count). The first-order chi connectivity index (χ1) is 18.7. The molecule has 4 aromatic rings. The van der Waals surface area contributed by atoms with E-state index in [0.29, 0.717) is 38.9 Å². The van der Waals surface area contributed by atoms with E-state index in [1.54, 1.807) is 48.5 Å². The Balaban J connectivity index is 1.55. The van der Waals surface area contributed by atoms with Gasteiger partial charge < -0.3 is 20.1 Å². The number of carbonyl (C=O) groups excluding carboxylic acids is 2. The van der Waals surface area contributed by atoms with E-state index in [4.69, 9.17) is 4.74 Å². The van der Waals surface area contributed by atoms with Crippen molar-refractivity contribution in [2.24, 2.45) is 0 Å². The molecule has 3 N–H and O–H groups in total. The van der Waals surface area contributed by atoms with Crippen LogP contribution in [0.15, 0.2) is 60.7 Å². The Labute approximate surface area is 233 Å². The van der Waals surface area contributed by atoms with Crippen LogP contribution in [0.1, 0.15) is 96.7 Å². The molecule has 0 saturated carbocycles. The molecular formula is C33H33NO6. The van der Waals surface area contributed by atoms with Crippen LogP contribution < -0.4 is 4.74 Å². The standard InChI is InChI=1S/C33H33NO6/c1-32(2,3)20-15-18(16-21(29(20)37)33(4,5)6)31(39)40-24-12-7-9-17-13-14-22(34-27(17)24)26-28(36)19-10-8-11-23(35)25(19)30(26)38/h7-16,26,28,35-37H,1-6H3. The molecule has 0 spiro atoms. The van der Waals surface area contributed by atoms with E-state index in [-0.39, 0.29) is 22.8 Å². The lowest BCUT2D eigenvalue weighted by atomic mass is 9.78. The van der Waals surface area contributed by atoms with Gasteiger partial charge >= 0.3 is 5.97 Å².